The molecule has 3 heteroatoms. The molecule has 1 saturated heterocycles. The first-order valence-corrected chi connectivity index (χ1v) is 7.67. The second kappa shape index (κ2) is 6.05. The summed E-state index contributed by atoms with van der Waals surface area (Å²) in [6.45, 7) is 4.11. The molecule has 1 aliphatic heterocycles. The summed E-state index contributed by atoms with van der Waals surface area (Å²) < 4.78 is 0. The standard InChI is InChI=1S/C15H27NO2/c1-2-9-15(14(17)18)10-6-11-16(15)12-13-7-4-3-5-8-13/h13H,2-12H2,1H3,(H,17,18). The Labute approximate surface area is 111 Å². The molecule has 0 spiro atoms. The second-order valence-corrected chi connectivity index (χ2v) is 6.14. The van der Waals surface area contributed by atoms with Crippen molar-refractivity contribution in [1.82, 2.24) is 4.90 Å². The second-order valence-electron chi connectivity index (χ2n) is 6.14. The number of likely N-dealkylation sites (tertiary alicyclic amines) is 1. The molecule has 1 saturated carbocycles. The van der Waals surface area contributed by atoms with E-state index in [1.54, 1.807) is 0 Å². The maximum atomic E-state index is 11.7. The third-order valence-corrected chi connectivity index (χ3v) is 4.89. The van der Waals surface area contributed by atoms with E-state index >= 15 is 0 Å². The number of carboxylic acid groups (broad SMARTS) is 1. The van der Waals surface area contributed by atoms with E-state index in [0.29, 0.717) is 0 Å². The molecule has 2 aliphatic rings. The Kier molecular flexibility index (Phi) is 4.66. The summed E-state index contributed by atoms with van der Waals surface area (Å²) in [6.07, 6.45) is 10.3. The first-order chi connectivity index (χ1) is 8.69. The minimum atomic E-state index is -0.586. The van der Waals surface area contributed by atoms with Crippen molar-refractivity contribution in [1.29, 1.82) is 0 Å². The average Bonchev–Trinajstić information content (AvgIpc) is 2.75. The first kappa shape index (κ1) is 13.9. The molecule has 2 fully saturated rings. The summed E-state index contributed by atoms with van der Waals surface area (Å²) in [5, 5.41) is 9.65. The van der Waals surface area contributed by atoms with Gasteiger partial charge in [-0.3, -0.25) is 9.69 Å². The van der Waals surface area contributed by atoms with Crippen LogP contribution in [0.4, 0.5) is 0 Å². The highest BCUT2D eigenvalue weighted by Crippen LogP contribution is 2.36. The molecule has 0 bridgehead atoms. The average molecular weight is 253 g/mol. The lowest BCUT2D eigenvalue weighted by Crippen LogP contribution is -2.52. The highest BCUT2D eigenvalue weighted by Gasteiger charge is 2.47. The van der Waals surface area contributed by atoms with Gasteiger partial charge >= 0.3 is 5.97 Å². The summed E-state index contributed by atoms with van der Waals surface area (Å²) in [6, 6.07) is 0. The van der Waals surface area contributed by atoms with Crippen LogP contribution in [0, 0.1) is 5.92 Å². The van der Waals surface area contributed by atoms with Gasteiger partial charge in [0.2, 0.25) is 0 Å². The molecule has 18 heavy (non-hydrogen) atoms. The van der Waals surface area contributed by atoms with Crippen molar-refractivity contribution in [2.45, 2.75) is 70.3 Å². The summed E-state index contributed by atoms with van der Waals surface area (Å²) in [7, 11) is 0. The van der Waals surface area contributed by atoms with Gasteiger partial charge < -0.3 is 5.11 Å². The normalized spacial score (nSPS) is 30.7. The smallest absolute Gasteiger partial charge is 0.324 e. The fourth-order valence-corrected chi connectivity index (χ4v) is 3.93. The van der Waals surface area contributed by atoms with Gasteiger partial charge in [-0.15, -0.1) is 0 Å². The summed E-state index contributed by atoms with van der Waals surface area (Å²) >= 11 is 0. The van der Waals surface area contributed by atoms with Crippen molar-refractivity contribution in [3.63, 3.8) is 0 Å². The van der Waals surface area contributed by atoms with E-state index in [9.17, 15) is 9.90 Å². The number of carboxylic acids is 1. The van der Waals surface area contributed by atoms with Crippen LogP contribution in [0.15, 0.2) is 0 Å². The van der Waals surface area contributed by atoms with Crippen molar-refractivity contribution in [3.8, 4) is 0 Å². The molecule has 1 heterocycles. The largest absolute Gasteiger partial charge is 0.480 e. The molecule has 0 amide bonds. The fourth-order valence-electron chi connectivity index (χ4n) is 3.93. The van der Waals surface area contributed by atoms with Crippen molar-refractivity contribution < 1.29 is 9.90 Å². The Balaban J connectivity index is 2.02. The van der Waals surface area contributed by atoms with Crippen LogP contribution in [0.1, 0.15) is 64.7 Å². The number of aliphatic carboxylic acids is 1. The first-order valence-electron chi connectivity index (χ1n) is 7.67. The predicted octanol–water partition coefficient (Wildman–Crippen LogP) is 3.29. The zero-order valence-electron chi connectivity index (χ0n) is 11.7. The monoisotopic (exact) mass is 253 g/mol. The van der Waals surface area contributed by atoms with E-state index in [0.717, 1.165) is 44.7 Å². The van der Waals surface area contributed by atoms with Crippen LogP contribution in [-0.2, 0) is 4.79 Å². The molecule has 3 nitrogen and oxygen atoms in total. The van der Waals surface area contributed by atoms with Gasteiger partial charge in [-0.2, -0.15) is 0 Å². The van der Waals surface area contributed by atoms with Crippen molar-refractivity contribution >= 4 is 5.97 Å². The molecule has 0 aromatic rings. The Morgan fingerprint density at radius 1 is 1.28 bits per heavy atom. The molecule has 0 aromatic carbocycles. The van der Waals surface area contributed by atoms with Crippen LogP contribution in [0.2, 0.25) is 0 Å². The van der Waals surface area contributed by atoms with Crippen LogP contribution in [0.25, 0.3) is 0 Å². The Morgan fingerprint density at radius 2 is 2.00 bits per heavy atom. The molecule has 1 unspecified atom stereocenters. The van der Waals surface area contributed by atoms with Gasteiger partial charge in [-0.25, -0.2) is 0 Å². The molecule has 104 valence electrons. The van der Waals surface area contributed by atoms with Gasteiger partial charge in [0.25, 0.3) is 0 Å². The maximum absolute atomic E-state index is 11.7. The van der Waals surface area contributed by atoms with Gasteiger partial charge in [0, 0.05) is 6.54 Å². The summed E-state index contributed by atoms with van der Waals surface area (Å²) in [5.74, 6) is 0.157. The molecule has 2 rings (SSSR count). The Bertz CT molecular complexity index is 286. The summed E-state index contributed by atoms with van der Waals surface area (Å²) in [5.41, 5.74) is -0.536. The van der Waals surface area contributed by atoms with Gasteiger partial charge in [0.15, 0.2) is 0 Å². The van der Waals surface area contributed by atoms with E-state index < -0.39 is 11.5 Å². The van der Waals surface area contributed by atoms with Crippen molar-refractivity contribution in [3.05, 3.63) is 0 Å². The lowest BCUT2D eigenvalue weighted by atomic mass is 9.86. The molecular weight excluding hydrogens is 226 g/mol. The zero-order chi connectivity index (χ0) is 13.0. The van der Waals surface area contributed by atoms with E-state index in [2.05, 4.69) is 11.8 Å². The van der Waals surface area contributed by atoms with Crippen LogP contribution in [-0.4, -0.2) is 34.6 Å². The lowest BCUT2D eigenvalue weighted by molar-refractivity contribution is -0.150. The lowest BCUT2D eigenvalue weighted by Gasteiger charge is -2.37. The quantitative estimate of drug-likeness (QED) is 0.817. The van der Waals surface area contributed by atoms with Crippen molar-refractivity contribution in [2.75, 3.05) is 13.1 Å². The number of nitrogens with zero attached hydrogens (tertiary/aromatic N) is 1. The molecule has 1 atom stereocenters. The van der Waals surface area contributed by atoms with Crippen LogP contribution < -0.4 is 0 Å². The molecule has 1 N–H and O–H groups in total. The van der Waals surface area contributed by atoms with Crippen LogP contribution >= 0.6 is 0 Å². The highest BCUT2D eigenvalue weighted by atomic mass is 16.4. The third kappa shape index (κ3) is 2.71. The maximum Gasteiger partial charge on any atom is 0.324 e. The molecular formula is C15H27NO2. The van der Waals surface area contributed by atoms with Gasteiger partial charge in [-0.05, 0) is 44.6 Å². The number of hydrogen-bond acceptors (Lipinski definition) is 2. The number of rotatable bonds is 5. The van der Waals surface area contributed by atoms with E-state index in [4.69, 9.17) is 0 Å². The zero-order valence-corrected chi connectivity index (χ0v) is 11.7. The van der Waals surface area contributed by atoms with E-state index in [1.165, 1.54) is 32.1 Å². The SMILES string of the molecule is CCCC1(C(=O)O)CCCN1CC1CCCCC1. The Hall–Kier alpha value is -0.570. The Morgan fingerprint density at radius 3 is 2.61 bits per heavy atom. The third-order valence-electron chi connectivity index (χ3n) is 4.89. The number of carbonyl (C=O) groups is 1. The van der Waals surface area contributed by atoms with E-state index in [-0.39, 0.29) is 0 Å². The number of hydrogen-bond donors (Lipinski definition) is 1. The topological polar surface area (TPSA) is 40.5 Å². The van der Waals surface area contributed by atoms with Gasteiger partial charge in [0.05, 0.1) is 0 Å². The molecule has 0 radical (unpaired) electrons. The van der Waals surface area contributed by atoms with Gasteiger partial charge in [0.1, 0.15) is 5.54 Å². The van der Waals surface area contributed by atoms with Crippen LogP contribution in [0.5, 0.6) is 0 Å². The molecule has 1 aliphatic carbocycles. The van der Waals surface area contributed by atoms with Crippen LogP contribution in [0.3, 0.4) is 0 Å². The van der Waals surface area contributed by atoms with Crippen molar-refractivity contribution in [2.24, 2.45) is 5.92 Å². The minimum Gasteiger partial charge on any atom is -0.480 e. The fraction of sp³-hybridized carbons (Fsp3) is 0.933. The highest BCUT2D eigenvalue weighted by molar-refractivity contribution is 5.79. The predicted molar refractivity (Wildman–Crippen MR) is 72.7 cm³/mol. The molecule has 0 aromatic heterocycles. The van der Waals surface area contributed by atoms with E-state index in [1.807, 2.05) is 0 Å². The van der Waals surface area contributed by atoms with Gasteiger partial charge in [-0.1, -0.05) is 32.6 Å². The minimum absolute atomic E-state index is 0.536. The summed E-state index contributed by atoms with van der Waals surface area (Å²) in [4.78, 5) is 14.0.